The fourth-order valence-electron chi connectivity index (χ4n) is 2.63. The Hall–Kier alpha value is -2.76. The second-order valence-corrected chi connectivity index (χ2v) is 7.10. The Kier molecular flexibility index (Phi) is 4.29. The van der Waals surface area contributed by atoms with Crippen molar-refractivity contribution in [2.45, 2.75) is 27.2 Å². The van der Waals surface area contributed by atoms with E-state index in [4.69, 9.17) is 0 Å². The molecule has 0 radical (unpaired) electrons. The van der Waals surface area contributed by atoms with Crippen LogP contribution in [0.3, 0.4) is 0 Å². The van der Waals surface area contributed by atoms with Gasteiger partial charge in [0.15, 0.2) is 0 Å². The quantitative estimate of drug-likeness (QED) is 0.881. The maximum absolute atomic E-state index is 14.8. The molecule has 0 unspecified atom stereocenters. The van der Waals surface area contributed by atoms with Crippen molar-refractivity contribution in [2.24, 2.45) is 5.41 Å². The summed E-state index contributed by atoms with van der Waals surface area (Å²) in [6, 6.07) is 6.57. The van der Waals surface area contributed by atoms with Crippen LogP contribution in [0.15, 0.2) is 30.5 Å². The molecule has 0 spiro atoms. The molecule has 0 saturated carbocycles. The van der Waals surface area contributed by atoms with Crippen LogP contribution in [0.25, 0.3) is 11.1 Å². The molecule has 1 aromatic heterocycles. The molecule has 25 heavy (non-hydrogen) atoms. The lowest BCUT2D eigenvalue weighted by atomic mass is 9.94. The van der Waals surface area contributed by atoms with Gasteiger partial charge in [0.1, 0.15) is 11.6 Å². The Labute approximate surface area is 145 Å². The summed E-state index contributed by atoms with van der Waals surface area (Å²) in [7, 11) is 0. The van der Waals surface area contributed by atoms with Gasteiger partial charge in [-0.2, -0.15) is 0 Å². The summed E-state index contributed by atoms with van der Waals surface area (Å²) in [5.74, 6) is -0.356. The number of nitrogens with zero attached hydrogens (tertiary/aromatic N) is 1. The van der Waals surface area contributed by atoms with E-state index in [0.29, 0.717) is 41.0 Å². The average Bonchev–Trinajstić information content (AvgIpc) is 2.56. The largest absolute Gasteiger partial charge is 0.352 e. The second-order valence-electron chi connectivity index (χ2n) is 7.10. The van der Waals surface area contributed by atoms with Gasteiger partial charge in [0.25, 0.3) is 5.91 Å². The van der Waals surface area contributed by atoms with Gasteiger partial charge in [0.2, 0.25) is 5.91 Å². The van der Waals surface area contributed by atoms with Crippen LogP contribution in [-0.4, -0.2) is 23.3 Å². The smallest absolute Gasteiger partial charge is 0.251 e. The van der Waals surface area contributed by atoms with Gasteiger partial charge < -0.3 is 10.6 Å². The van der Waals surface area contributed by atoms with Crippen LogP contribution in [0.1, 0.15) is 36.7 Å². The first-order valence-corrected chi connectivity index (χ1v) is 8.15. The highest BCUT2D eigenvalue weighted by atomic mass is 19.1. The van der Waals surface area contributed by atoms with E-state index in [1.54, 1.807) is 24.3 Å². The average molecular weight is 341 g/mol. The lowest BCUT2D eigenvalue weighted by Gasteiger charge is -2.19. The van der Waals surface area contributed by atoms with Gasteiger partial charge >= 0.3 is 0 Å². The molecule has 0 atom stereocenters. The number of halogens is 1. The van der Waals surface area contributed by atoms with E-state index in [0.717, 1.165) is 0 Å². The molecule has 0 bridgehead atoms. The van der Waals surface area contributed by atoms with Gasteiger partial charge in [0, 0.05) is 40.4 Å². The molecule has 2 N–H and O–H groups in total. The molecule has 6 heteroatoms. The van der Waals surface area contributed by atoms with Gasteiger partial charge in [-0.1, -0.05) is 26.8 Å². The normalized spacial score (nSPS) is 13.8. The molecule has 1 aliphatic heterocycles. The first-order chi connectivity index (χ1) is 11.8. The van der Waals surface area contributed by atoms with E-state index in [2.05, 4.69) is 15.6 Å². The zero-order valence-corrected chi connectivity index (χ0v) is 14.4. The summed E-state index contributed by atoms with van der Waals surface area (Å²) in [5, 5.41) is 5.44. The third-order valence-electron chi connectivity index (χ3n) is 4.15. The zero-order chi connectivity index (χ0) is 18.2. The number of aromatic nitrogens is 1. The summed E-state index contributed by atoms with van der Waals surface area (Å²) in [5.41, 5.74) is 1.29. The molecule has 2 amide bonds. The van der Waals surface area contributed by atoms with Gasteiger partial charge in [-0.25, -0.2) is 9.37 Å². The van der Waals surface area contributed by atoms with Crippen molar-refractivity contribution in [1.29, 1.82) is 0 Å². The number of nitrogens with one attached hydrogen (secondary N) is 2. The molecule has 3 rings (SSSR count). The molecule has 0 aliphatic carbocycles. The summed E-state index contributed by atoms with van der Waals surface area (Å²) < 4.78 is 14.8. The third kappa shape index (κ3) is 3.38. The maximum atomic E-state index is 14.8. The number of hydrogen-bond donors (Lipinski definition) is 2. The standard InChI is InChI=1S/C19H20FN3O2/c1-19(2,3)18(25)23-15-7-4-11(10-22-15)12-5-6-14-13(16(12)20)8-9-21-17(14)24/h4-7,10H,8-9H2,1-3H3,(H,21,24)(H,22,23,25). The molecule has 0 fully saturated rings. The fourth-order valence-corrected chi connectivity index (χ4v) is 2.63. The van der Waals surface area contributed by atoms with Crippen LogP contribution in [-0.2, 0) is 11.2 Å². The van der Waals surface area contributed by atoms with Gasteiger partial charge in [0.05, 0.1) is 0 Å². The number of hydrogen-bond acceptors (Lipinski definition) is 3. The molecule has 1 aliphatic rings. The minimum atomic E-state index is -0.522. The van der Waals surface area contributed by atoms with Crippen molar-refractivity contribution in [3.05, 3.63) is 47.4 Å². The molecule has 2 aromatic rings. The third-order valence-corrected chi connectivity index (χ3v) is 4.15. The van der Waals surface area contributed by atoms with Crippen molar-refractivity contribution in [3.63, 3.8) is 0 Å². The monoisotopic (exact) mass is 341 g/mol. The number of anilines is 1. The first-order valence-electron chi connectivity index (χ1n) is 8.15. The molecule has 5 nitrogen and oxygen atoms in total. The lowest BCUT2D eigenvalue weighted by molar-refractivity contribution is -0.123. The summed E-state index contributed by atoms with van der Waals surface area (Å²) in [6.07, 6.45) is 1.99. The Morgan fingerprint density at radius 3 is 2.56 bits per heavy atom. The van der Waals surface area contributed by atoms with Crippen molar-refractivity contribution in [3.8, 4) is 11.1 Å². The minimum absolute atomic E-state index is 0.140. The molecular weight excluding hydrogens is 321 g/mol. The van der Waals surface area contributed by atoms with Crippen molar-refractivity contribution in [1.82, 2.24) is 10.3 Å². The van der Waals surface area contributed by atoms with E-state index < -0.39 is 5.41 Å². The van der Waals surface area contributed by atoms with Crippen LogP contribution < -0.4 is 10.6 Å². The van der Waals surface area contributed by atoms with Crippen molar-refractivity contribution >= 4 is 17.6 Å². The topological polar surface area (TPSA) is 71.1 Å². The fraction of sp³-hybridized carbons (Fsp3) is 0.316. The molecular formula is C19H20FN3O2. The SMILES string of the molecule is CC(C)(C)C(=O)Nc1ccc(-c2ccc3c(c2F)CCNC3=O)cn1. The van der Waals surface area contributed by atoms with Gasteiger partial charge in [-0.05, 0) is 24.6 Å². The van der Waals surface area contributed by atoms with E-state index in [1.165, 1.54) is 6.20 Å². The highest BCUT2D eigenvalue weighted by Gasteiger charge is 2.23. The number of benzene rings is 1. The Morgan fingerprint density at radius 1 is 1.20 bits per heavy atom. The number of carbonyl (C=O) groups excluding carboxylic acids is 2. The number of carbonyl (C=O) groups is 2. The summed E-state index contributed by atoms with van der Waals surface area (Å²) >= 11 is 0. The van der Waals surface area contributed by atoms with Crippen LogP contribution in [0.2, 0.25) is 0 Å². The Morgan fingerprint density at radius 2 is 1.92 bits per heavy atom. The second kappa shape index (κ2) is 6.27. The van der Waals surface area contributed by atoms with E-state index in [-0.39, 0.29) is 17.6 Å². The Bertz CT molecular complexity index is 839. The Balaban J connectivity index is 1.88. The van der Waals surface area contributed by atoms with Crippen molar-refractivity contribution < 1.29 is 14.0 Å². The summed E-state index contributed by atoms with van der Waals surface area (Å²) in [4.78, 5) is 28.0. The first kappa shape index (κ1) is 17.1. The lowest BCUT2D eigenvalue weighted by Crippen LogP contribution is -2.32. The zero-order valence-electron chi connectivity index (χ0n) is 14.4. The van der Waals surface area contributed by atoms with Crippen molar-refractivity contribution in [2.75, 3.05) is 11.9 Å². The molecule has 2 heterocycles. The predicted molar refractivity (Wildman–Crippen MR) is 93.8 cm³/mol. The number of rotatable bonds is 2. The summed E-state index contributed by atoms with van der Waals surface area (Å²) in [6.45, 7) is 5.88. The number of pyridine rings is 1. The number of fused-ring (bicyclic) bond motifs is 1. The maximum Gasteiger partial charge on any atom is 0.251 e. The van der Waals surface area contributed by atoms with Gasteiger partial charge in [-0.15, -0.1) is 0 Å². The highest BCUT2D eigenvalue weighted by molar-refractivity contribution is 5.97. The number of amides is 2. The molecule has 130 valence electrons. The van der Waals surface area contributed by atoms with Crippen LogP contribution >= 0.6 is 0 Å². The molecule has 1 aromatic carbocycles. The minimum Gasteiger partial charge on any atom is -0.352 e. The highest BCUT2D eigenvalue weighted by Crippen LogP contribution is 2.29. The van der Waals surface area contributed by atoms with E-state index in [1.807, 2.05) is 20.8 Å². The van der Waals surface area contributed by atoms with E-state index >= 15 is 0 Å². The van der Waals surface area contributed by atoms with Crippen LogP contribution in [0.4, 0.5) is 10.2 Å². The molecule has 0 saturated heterocycles. The van der Waals surface area contributed by atoms with E-state index in [9.17, 15) is 14.0 Å². The predicted octanol–water partition coefficient (Wildman–Crippen LogP) is 3.16. The van der Waals surface area contributed by atoms with Crippen LogP contribution in [0.5, 0.6) is 0 Å². The van der Waals surface area contributed by atoms with Gasteiger partial charge in [-0.3, -0.25) is 9.59 Å². The van der Waals surface area contributed by atoms with Crippen LogP contribution in [0, 0.1) is 11.2 Å².